The van der Waals surface area contributed by atoms with Gasteiger partial charge < -0.3 is 21.7 Å². The van der Waals surface area contributed by atoms with Crippen LogP contribution in [0.5, 0.6) is 5.75 Å². The highest BCUT2D eigenvalue weighted by molar-refractivity contribution is 5.95. The molecule has 0 radical (unpaired) electrons. The van der Waals surface area contributed by atoms with Crippen LogP contribution in [0.15, 0.2) is 85.3 Å². The minimum absolute atomic E-state index is 0.0614. The monoisotopic (exact) mass is 574 g/mol. The van der Waals surface area contributed by atoms with E-state index in [-0.39, 0.29) is 16.9 Å². The number of aliphatic hydroxyl groups excluding tert-OH is 1. The summed E-state index contributed by atoms with van der Waals surface area (Å²) in [5.74, 6) is 0.948. The fourth-order valence-electron chi connectivity index (χ4n) is 5.02. The van der Waals surface area contributed by atoms with Crippen molar-refractivity contribution in [3.63, 3.8) is 0 Å². The van der Waals surface area contributed by atoms with E-state index in [0.717, 1.165) is 35.2 Å². The van der Waals surface area contributed by atoms with Crippen LogP contribution in [0.1, 0.15) is 44.4 Å². The second-order valence-corrected chi connectivity index (χ2v) is 9.86. The van der Waals surface area contributed by atoms with Gasteiger partial charge in [-0.15, -0.1) is 0 Å². The zero-order chi connectivity index (χ0) is 30.1. The first-order valence-corrected chi connectivity index (χ1v) is 13.3. The second-order valence-electron chi connectivity index (χ2n) is 9.86. The number of carbonyl (C=O) groups excluding carboxylic acids is 2. The number of benzene rings is 2. The van der Waals surface area contributed by atoms with Crippen molar-refractivity contribution in [1.82, 2.24) is 29.3 Å². The van der Waals surface area contributed by atoms with Gasteiger partial charge in [-0.3, -0.25) is 14.2 Å². The van der Waals surface area contributed by atoms with Crippen LogP contribution in [0.2, 0.25) is 0 Å². The number of primary amides is 1. The molecule has 1 amide bonds. The van der Waals surface area contributed by atoms with Gasteiger partial charge in [-0.25, -0.2) is 19.6 Å². The molecule has 214 valence electrons. The number of aliphatic hydroxyl groups is 1. The Bertz CT molecular complexity index is 1980. The Morgan fingerprint density at radius 2 is 1.88 bits per heavy atom. The van der Waals surface area contributed by atoms with E-state index in [1.165, 1.54) is 23.8 Å². The lowest BCUT2D eigenvalue weighted by Crippen LogP contribution is -2.10. The van der Waals surface area contributed by atoms with Crippen molar-refractivity contribution < 1.29 is 19.8 Å². The molecule has 0 saturated carbocycles. The molecule has 0 saturated heterocycles. The molecule has 7 rings (SSSR count). The van der Waals surface area contributed by atoms with Crippen LogP contribution in [0.25, 0.3) is 34.1 Å². The molecule has 0 spiro atoms. The number of rotatable bonds is 5. The number of amides is 1. The van der Waals surface area contributed by atoms with Crippen molar-refractivity contribution in [3.05, 3.63) is 108 Å². The number of aryl methyl sites for hydroxylation is 1. The number of imidazole rings is 1. The zero-order valence-electron chi connectivity index (χ0n) is 22.7. The number of aldehydes is 1. The number of aromatic nitrogens is 6. The fourth-order valence-corrected chi connectivity index (χ4v) is 5.02. The van der Waals surface area contributed by atoms with E-state index in [1.807, 2.05) is 53.2 Å². The van der Waals surface area contributed by atoms with Crippen molar-refractivity contribution in [2.24, 2.45) is 5.73 Å². The number of aromatic hydroxyl groups is 1. The highest BCUT2D eigenvalue weighted by Gasteiger charge is 2.23. The Balaban J connectivity index is 0.000000232. The highest BCUT2D eigenvalue weighted by Crippen LogP contribution is 2.35. The minimum Gasteiger partial charge on any atom is -0.507 e. The van der Waals surface area contributed by atoms with E-state index in [2.05, 4.69) is 16.1 Å². The molecule has 43 heavy (non-hydrogen) atoms. The minimum atomic E-state index is -0.627. The maximum absolute atomic E-state index is 10.6. The number of hydrogen-bond donors (Lipinski definition) is 4. The maximum Gasteiger partial charge on any atom is 0.248 e. The number of pyridine rings is 2. The van der Waals surface area contributed by atoms with Gasteiger partial charge in [0, 0.05) is 29.8 Å². The third-order valence-corrected chi connectivity index (χ3v) is 7.18. The third kappa shape index (κ3) is 5.18. The Morgan fingerprint density at radius 1 is 1.02 bits per heavy atom. The van der Waals surface area contributed by atoms with E-state index < -0.39 is 12.0 Å². The first-order chi connectivity index (χ1) is 20.8. The van der Waals surface area contributed by atoms with Gasteiger partial charge in [-0.2, -0.15) is 5.10 Å². The number of carbonyl (C=O) groups is 2. The number of nitrogens with zero attached hydrogens (tertiary/aromatic N) is 6. The smallest absolute Gasteiger partial charge is 0.248 e. The van der Waals surface area contributed by atoms with E-state index in [0.29, 0.717) is 29.4 Å². The molecule has 4 heterocycles. The summed E-state index contributed by atoms with van der Waals surface area (Å²) in [7, 11) is 0. The van der Waals surface area contributed by atoms with Crippen LogP contribution < -0.4 is 11.5 Å². The molecule has 12 heteroatoms. The van der Waals surface area contributed by atoms with Gasteiger partial charge in [0.1, 0.15) is 17.1 Å². The lowest BCUT2D eigenvalue weighted by atomic mass is 10.1. The molecule has 2 aromatic carbocycles. The Morgan fingerprint density at radius 3 is 2.63 bits per heavy atom. The third-order valence-electron chi connectivity index (χ3n) is 7.18. The number of hydrogen-bond acceptors (Lipinski definition) is 9. The average molecular weight is 575 g/mol. The summed E-state index contributed by atoms with van der Waals surface area (Å²) in [5.41, 5.74) is 16.5. The number of anilines is 1. The summed E-state index contributed by atoms with van der Waals surface area (Å²) in [5, 5.41) is 23.8. The summed E-state index contributed by atoms with van der Waals surface area (Å²) in [6.45, 7) is 0. The van der Waals surface area contributed by atoms with Gasteiger partial charge >= 0.3 is 0 Å². The van der Waals surface area contributed by atoms with Crippen LogP contribution in [0.4, 0.5) is 5.82 Å². The lowest BCUT2D eigenvalue weighted by Gasteiger charge is -2.13. The molecule has 1 aliphatic carbocycles. The van der Waals surface area contributed by atoms with Gasteiger partial charge in [0.2, 0.25) is 5.91 Å². The van der Waals surface area contributed by atoms with E-state index in [4.69, 9.17) is 26.5 Å². The first kappa shape index (κ1) is 27.3. The topological polar surface area (TPSA) is 188 Å². The number of fused-ring (bicyclic) bond motifs is 2. The van der Waals surface area contributed by atoms with Gasteiger partial charge in [0.05, 0.1) is 17.2 Å². The Kier molecular flexibility index (Phi) is 7.10. The molecular formula is C31H26N8O4. The van der Waals surface area contributed by atoms with E-state index in [1.54, 1.807) is 17.1 Å². The van der Waals surface area contributed by atoms with Gasteiger partial charge in [-0.05, 0) is 84.6 Å². The maximum atomic E-state index is 10.6. The molecule has 0 bridgehead atoms. The van der Waals surface area contributed by atoms with Gasteiger partial charge in [-0.1, -0.05) is 6.07 Å². The van der Waals surface area contributed by atoms with Crippen LogP contribution in [-0.4, -0.2) is 51.7 Å². The first-order valence-electron chi connectivity index (χ1n) is 13.3. The van der Waals surface area contributed by atoms with Crippen molar-refractivity contribution >= 4 is 29.2 Å². The Labute approximate surface area is 244 Å². The number of nitrogens with two attached hydrogens (primary N) is 2. The van der Waals surface area contributed by atoms with Crippen molar-refractivity contribution in [1.29, 1.82) is 0 Å². The highest BCUT2D eigenvalue weighted by atomic mass is 16.3. The fraction of sp³-hybridized carbons (Fsp3) is 0.0968. The summed E-state index contributed by atoms with van der Waals surface area (Å²) in [6.07, 6.45) is 6.85. The van der Waals surface area contributed by atoms with Gasteiger partial charge in [0.15, 0.2) is 23.6 Å². The average Bonchev–Trinajstić information content (AvgIpc) is 3.77. The van der Waals surface area contributed by atoms with Gasteiger partial charge in [0.25, 0.3) is 0 Å². The number of phenols is 1. The van der Waals surface area contributed by atoms with Crippen LogP contribution in [0.3, 0.4) is 0 Å². The largest absolute Gasteiger partial charge is 0.507 e. The van der Waals surface area contributed by atoms with Crippen molar-refractivity contribution in [2.75, 3.05) is 5.73 Å². The number of nitrogen functional groups attached to an aromatic ring is 1. The van der Waals surface area contributed by atoms with Crippen molar-refractivity contribution in [2.45, 2.75) is 18.9 Å². The van der Waals surface area contributed by atoms with E-state index >= 15 is 0 Å². The molecule has 6 N–H and O–H groups in total. The molecular weight excluding hydrogens is 548 g/mol. The van der Waals surface area contributed by atoms with Crippen LogP contribution in [-0.2, 0) is 6.42 Å². The predicted octanol–water partition coefficient (Wildman–Crippen LogP) is 3.53. The molecule has 0 fully saturated rings. The molecule has 0 unspecified atom stereocenters. The van der Waals surface area contributed by atoms with Crippen molar-refractivity contribution in [3.8, 4) is 28.6 Å². The SMILES string of the molecule is NC(=O)c1ccc(O)c(C=O)c1.Nc1ncccc1-c1nc2ccc(-n3cccn3)nc2n1-c1ccc2c(c1)[C@@H](O)CC2. The lowest BCUT2D eigenvalue weighted by molar-refractivity contribution is 0.1000. The molecule has 4 aromatic heterocycles. The number of phenolic OH excluding ortho intramolecular Hbond substituents is 1. The summed E-state index contributed by atoms with van der Waals surface area (Å²) < 4.78 is 3.68. The molecule has 6 aromatic rings. The standard InChI is InChI=1S/C23H19N7O.C8H7NO3/c24-21-16(3-1-10-25-21)22-27-18-7-9-20(29-12-2-11-26-29)28-23(18)30(22)15-6-4-14-5-8-19(31)17(14)13-15;9-8(12)5-1-2-7(11)6(3-5)4-10/h1-4,6-7,9-13,19,31H,5,8H2,(H2,24,25);1-4,11H,(H2,9,12)/t19-;/m0./s1. The Hall–Kier alpha value is -5.88. The molecule has 1 aliphatic rings. The predicted molar refractivity (Wildman–Crippen MR) is 159 cm³/mol. The summed E-state index contributed by atoms with van der Waals surface area (Å²) in [6, 6.07) is 19.4. The quantitative estimate of drug-likeness (QED) is 0.223. The second kappa shape index (κ2) is 11.2. The molecule has 0 aliphatic heterocycles. The van der Waals surface area contributed by atoms with Crippen LogP contribution >= 0.6 is 0 Å². The molecule has 1 atom stereocenters. The normalized spacial score (nSPS) is 13.7. The zero-order valence-corrected chi connectivity index (χ0v) is 22.7. The molecule has 12 nitrogen and oxygen atoms in total. The van der Waals surface area contributed by atoms with Crippen LogP contribution in [0, 0.1) is 0 Å². The summed E-state index contributed by atoms with van der Waals surface area (Å²) in [4.78, 5) is 34.8. The van der Waals surface area contributed by atoms with E-state index in [9.17, 15) is 14.7 Å². The summed E-state index contributed by atoms with van der Waals surface area (Å²) >= 11 is 0.